The summed E-state index contributed by atoms with van der Waals surface area (Å²) in [7, 11) is 1.67. The minimum absolute atomic E-state index is 0.0881. The Hall–Kier alpha value is -1.94. The van der Waals surface area contributed by atoms with Gasteiger partial charge in [-0.1, -0.05) is 18.2 Å². The second-order valence-corrected chi connectivity index (χ2v) is 4.91. The zero-order valence-electron chi connectivity index (χ0n) is 9.25. The van der Waals surface area contributed by atoms with Crippen LogP contribution in [0.1, 0.15) is 0 Å². The van der Waals surface area contributed by atoms with E-state index in [0.29, 0.717) is 0 Å². The summed E-state index contributed by atoms with van der Waals surface area (Å²) in [5.41, 5.74) is 0.753. The Kier molecular flexibility index (Phi) is 2.30. The highest BCUT2D eigenvalue weighted by Gasteiger charge is 2.05. The predicted molar refractivity (Wildman–Crippen MR) is 70.3 cm³/mol. The molecule has 84 valence electrons. The van der Waals surface area contributed by atoms with Crippen LogP contribution in [0.4, 0.5) is 0 Å². The Morgan fingerprint density at radius 3 is 2.76 bits per heavy atom. The van der Waals surface area contributed by atoms with Gasteiger partial charge in [-0.25, -0.2) is 4.68 Å². The summed E-state index contributed by atoms with van der Waals surface area (Å²) < 4.78 is 2.60. The number of hydrogen-bond acceptors (Lipinski definition) is 3. The van der Waals surface area contributed by atoms with Crippen molar-refractivity contribution >= 4 is 21.4 Å². The number of rotatable bonds is 1. The fraction of sp³-hybridized carbons (Fsp3) is 0.0769. The van der Waals surface area contributed by atoms with E-state index >= 15 is 0 Å². The maximum Gasteiger partial charge on any atom is 0.266 e. The van der Waals surface area contributed by atoms with E-state index in [0.717, 1.165) is 10.6 Å². The molecule has 3 rings (SSSR count). The van der Waals surface area contributed by atoms with Crippen LogP contribution in [0.15, 0.2) is 47.3 Å². The molecule has 0 atom stereocenters. The van der Waals surface area contributed by atoms with Crippen LogP contribution in [0.25, 0.3) is 20.7 Å². The summed E-state index contributed by atoms with van der Waals surface area (Å²) in [5, 5.41) is 5.46. The number of aryl methyl sites for hydroxylation is 1. The molecule has 0 radical (unpaired) electrons. The molecule has 0 aliphatic rings. The van der Waals surface area contributed by atoms with Crippen molar-refractivity contribution in [1.29, 1.82) is 0 Å². The normalized spacial score (nSPS) is 10.9. The molecule has 3 nitrogen and oxygen atoms in total. The van der Waals surface area contributed by atoms with Gasteiger partial charge in [0.15, 0.2) is 0 Å². The number of thiophene rings is 1. The molecule has 1 aromatic carbocycles. The highest BCUT2D eigenvalue weighted by molar-refractivity contribution is 7.22. The van der Waals surface area contributed by atoms with Crippen molar-refractivity contribution in [2.75, 3.05) is 0 Å². The molecule has 0 saturated heterocycles. The molecular formula is C13H10N2OS. The maximum atomic E-state index is 11.3. The van der Waals surface area contributed by atoms with Crippen LogP contribution in [-0.4, -0.2) is 9.78 Å². The Bertz CT molecular complexity index is 709. The molecule has 0 amide bonds. The van der Waals surface area contributed by atoms with Gasteiger partial charge in [0.1, 0.15) is 5.69 Å². The minimum Gasteiger partial charge on any atom is -0.268 e. The van der Waals surface area contributed by atoms with Gasteiger partial charge >= 0.3 is 0 Å². The quantitative estimate of drug-likeness (QED) is 0.657. The van der Waals surface area contributed by atoms with Crippen LogP contribution in [0.3, 0.4) is 0 Å². The van der Waals surface area contributed by atoms with Gasteiger partial charge in [-0.3, -0.25) is 4.79 Å². The van der Waals surface area contributed by atoms with Gasteiger partial charge in [0.25, 0.3) is 5.56 Å². The summed E-state index contributed by atoms with van der Waals surface area (Å²) in [4.78, 5) is 12.4. The third-order valence-electron chi connectivity index (χ3n) is 2.64. The second kappa shape index (κ2) is 3.82. The van der Waals surface area contributed by atoms with Crippen molar-refractivity contribution < 1.29 is 0 Å². The molecule has 0 spiro atoms. The van der Waals surface area contributed by atoms with E-state index in [1.165, 1.54) is 14.8 Å². The highest BCUT2D eigenvalue weighted by Crippen LogP contribution is 2.31. The smallest absolute Gasteiger partial charge is 0.266 e. The Morgan fingerprint density at radius 2 is 2.00 bits per heavy atom. The molecule has 4 heteroatoms. The van der Waals surface area contributed by atoms with Crippen LogP contribution in [0, 0.1) is 0 Å². The topological polar surface area (TPSA) is 34.9 Å². The summed E-state index contributed by atoms with van der Waals surface area (Å²) in [6.07, 6.45) is 0. The molecule has 0 N–H and O–H groups in total. The third-order valence-corrected chi connectivity index (χ3v) is 3.78. The van der Waals surface area contributed by atoms with Crippen LogP contribution in [0.2, 0.25) is 0 Å². The van der Waals surface area contributed by atoms with Crippen LogP contribution in [0.5, 0.6) is 0 Å². The fourth-order valence-electron chi connectivity index (χ4n) is 1.74. The fourth-order valence-corrected chi connectivity index (χ4v) is 2.77. The first-order valence-electron chi connectivity index (χ1n) is 5.27. The van der Waals surface area contributed by atoms with Gasteiger partial charge in [-0.15, -0.1) is 11.3 Å². The number of aromatic nitrogens is 2. The zero-order chi connectivity index (χ0) is 11.8. The van der Waals surface area contributed by atoms with Crippen molar-refractivity contribution in [3.8, 4) is 10.6 Å². The molecule has 0 aliphatic carbocycles. The molecule has 17 heavy (non-hydrogen) atoms. The molecule has 2 heterocycles. The first kappa shape index (κ1) is 10.2. The van der Waals surface area contributed by atoms with E-state index in [-0.39, 0.29) is 5.56 Å². The average molecular weight is 242 g/mol. The number of fused-ring (bicyclic) bond motifs is 1. The molecule has 2 aromatic heterocycles. The Balaban J connectivity index is 2.20. The molecule has 0 bridgehead atoms. The van der Waals surface area contributed by atoms with Crippen LogP contribution >= 0.6 is 11.3 Å². The lowest BCUT2D eigenvalue weighted by molar-refractivity contribution is 0.713. The number of benzene rings is 1. The summed E-state index contributed by atoms with van der Waals surface area (Å²) >= 11 is 1.69. The van der Waals surface area contributed by atoms with Gasteiger partial charge in [-0.2, -0.15) is 5.10 Å². The lowest BCUT2D eigenvalue weighted by Gasteiger charge is -1.98. The molecule has 3 aromatic rings. The molecule has 0 fully saturated rings. The second-order valence-electron chi connectivity index (χ2n) is 3.83. The van der Waals surface area contributed by atoms with E-state index in [1.54, 1.807) is 30.5 Å². The number of nitrogens with zero attached hydrogens (tertiary/aromatic N) is 2. The van der Waals surface area contributed by atoms with Gasteiger partial charge in [-0.05, 0) is 23.6 Å². The predicted octanol–water partition coefficient (Wildman–Crippen LogP) is 2.66. The van der Waals surface area contributed by atoms with Crippen molar-refractivity contribution in [1.82, 2.24) is 9.78 Å². The Labute approximate surface area is 102 Å². The van der Waals surface area contributed by atoms with E-state index in [2.05, 4.69) is 23.3 Å². The Morgan fingerprint density at radius 1 is 1.18 bits per heavy atom. The zero-order valence-corrected chi connectivity index (χ0v) is 10.1. The lowest BCUT2D eigenvalue weighted by atomic mass is 10.2. The first-order valence-corrected chi connectivity index (χ1v) is 6.09. The molecule has 0 unspecified atom stereocenters. The first-order chi connectivity index (χ1) is 8.24. The summed E-state index contributed by atoms with van der Waals surface area (Å²) in [6.45, 7) is 0. The van der Waals surface area contributed by atoms with Crippen LogP contribution < -0.4 is 5.56 Å². The van der Waals surface area contributed by atoms with E-state index in [1.807, 2.05) is 12.1 Å². The van der Waals surface area contributed by atoms with Gasteiger partial charge in [0.05, 0.1) is 4.88 Å². The minimum atomic E-state index is -0.0881. The van der Waals surface area contributed by atoms with Crippen molar-refractivity contribution in [2.45, 2.75) is 0 Å². The standard InChI is InChI=1S/C13H10N2OS/c1-15-13(16)7-6-10(14-15)12-8-9-4-2-3-5-11(9)17-12/h2-8H,1H3. The average Bonchev–Trinajstić information content (AvgIpc) is 2.76. The molecule has 0 saturated carbocycles. The molecular weight excluding hydrogens is 232 g/mol. The largest absolute Gasteiger partial charge is 0.268 e. The lowest BCUT2D eigenvalue weighted by Crippen LogP contribution is -2.17. The van der Waals surface area contributed by atoms with E-state index in [4.69, 9.17) is 0 Å². The highest BCUT2D eigenvalue weighted by atomic mass is 32.1. The monoisotopic (exact) mass is 242 g/mol. The molecule has 0 aliphatic heterocycles. The van der Waals surface area contributed by atoms with Crippen molar-refractivity contribution in [3.05, 3.63) is 52.8 Å². The number of hydrogen-bond donors (Lipinski definition) is 0. The van der Waals surface area contributed by atoms with Crippen molar-refractivity contribution in [3.63, 3.8) is 0 Å². The summed E-state index contributed by atoms with van der Waals surface area (Å²) in [5.74, 6) is 0. The van der Waals surface area contributed by atoms with Crippen LogP contribution in [-0.2, 0) is 7.05 Å². The third kappa shape index (κ3) is 1.76. The van der Waals surface area contributed by atoms with Gasteiger partial charge in [0.2, 0.25) is 0 Å². The van der Waals surface area contributed by atoms with Gasteiger partial charge in [0, 0.05) is 17.8 Å². The summed E-state index contributed by atoms with van der Waals surface area (Å²) in [6, 6.07) is 13.6. The maximum absolute atomic E-state index is 11.3. The van der Waals surface area contributed by atoms with E-state index in [9.17, 15) is 4.79 Å². The van der Waals surface area contributed by atoms with Gasteiger partial charge < -0.3 is 0 Å². The van der Waals surface area contributed by atoms with Crippen molar-refractivity contribution in [2.24, 2.45) is 7.05 Å². The SMILES string of the molecule is Cn1nc(-c2cc3ccccc3s2)ccc1=O. The van der Waals surface area contributed by atoms with E-state index < -0.39 is 0 Å².